The highest BCUT2D eigenvalue weighted by Gasteiger charge is 2.30. The number of benzene rings is 2. The molecule has 0 aliphatic heterocycles. The fourth-order valence-electron chi connectivity index (χ4n) is 1.86. The SMILES string of the molecule is O=C(C=Cc1cccc(O)c1)C=Cc1cccc(OC(F)(F)F)c1. The second-order valence-electron chi connectivity index (χ2n) is 4.78. The topological polar surface area (TPSA) is 46.5 Å². The van der Waals surface area contributed by atoms with Gasteiger partial charge < -0.3 is 9.84 Å². The Kier molecular flexibility index (Phi) is 5.42. The van der Waals surface area contributed by atoms with Crippen LogP contribution in [0.5, 0.6) is 11.5 Å². The van der Waals surface area contributed by atoms with Gasteiger partial charge in [0.15, 0.2) is 5.78 Å². The number of carbonyl (C=O) groups excluding carboxylic acids is 1. The van der Waals surface area contributed by atoms with Gasteiger partial charge in [0.05, 0.1) is 0 Å². The van der Waals surface area contributed by atoms with Crippen LogP contribution in [0, 0.1) is 0 Å². The Morgan fingerprint density at radius 3 is 2.12 bits per heavy atom. The van der Waals surface area contributed by atoms with Gasteiger partial charge in [0.2, 0.25) is 0 Å². The first-order valence-electron chi connectivity index (χ1n) is 6.87. The van der Waals surface area contributed by atoms with Gasteiger partial charge in [-0.05, 0) is 47.5 Å². The molecule has 0 radical (unpaired) electrons. The van der Waals surface area contributed by atoms with Crippen molar-refractivity contribution >= 4 is 17.9 Å². The molecule has 24 heavy (non-hydrogen) atoms. The van der Waals surface area contributed by atoms with Crippen LogP contribution in [0.25, 0.3) is 12.2 Å². The zero-order chi connectivity index (χ0) is 17.6. The maximum absolute atomic E-state index is 12.2. The van der Waals surface area contributed by atoms with Gasteiger partial charge in [0, 0.05) is 0 Å². The molecule has 0 saturated heterocycles. The number of aromatic hydroxyl groups is 1. The molecule has 0 unspecified atom stereocenters. The maximum Gasteiger partial charge on any atom is 0.573 e. The van der Waals surface area contributed by atoms with Gasteiger partial charge in [0.25, 0.3) is 0 Å². The highest BCUT2D eigenvalue weighted by molar-refractivity contribution is 6.04. The fourth-order valence-corrected chi connectivity index (χ4v) is 1.86. The van der Waals surface area contributed by atoms with Crippen molar-refractivity contribution in [3.8, 4) is 11.5 Å². The van der Waals surface area contributed by atoms with E-state index in [4.69, 9.17) is 0 Å². The minimum atomic E-state index is -4.76. The van der Waals surface area contributed by atoms with Crippen LogP contribution >= 0.6 is 0 Å². The van der Waals surface area contributed by atoms with Crippen LogP contribution in [0.4, 0.5) is 13.2 Å². The van der Waals surface area contributed by atoms with Crippen molar-refractivity contribution in [1.29, 1.82) is 0 Å². The lowest BCUT2D eigenvalue weighted by Crippen LogP contribution is -2.17. The molecule has 1 N–H and O–H groups in total. The van der Waals surface area contributed by atoms with Crippen LogP contribution in [0.15, 0.2) is 60.7 Å². The summed E-state index contributed by atoms with van der Waals surface area (Å²) in [5.74, 6) is -0.616. The lowest BCUT2D eigenvalue weighted by atomic mass is 10.1. The predicted molar refractivity (Wildman–Crippen MR) is 84.3 cm³/mol. The van der Waals surface area contributed by atoms with Gasteiger partial charge in [-0.25, -0.2) is 0 Å². The van der Waals surface area contributed by atoms with Crippen LogP contribution in [0.2, 0.25) is 0 Å². The monoisotopic (exact) mass is 334 g/mol. The number of allylic oxidation sites excluding steroid dienone is 2. The Morgan fingerprint density at radius 1 is 0.958 bits per heavy atom. The van der Waals surface area contributed by atoms with Crippen molar-refractivity contribution in [1.82, 2.24) is 0 Å². The molecule has 2 aromatic rings. The third-order valence-corrected chi connectivity index (χ3v) is 2.84. The summed E-state index contributed by atoms with van der Waals surface area (Å²) in [6.45, 7) is 0. The summed E-state index contributed by atoms with van der Waals surface area (Å²) in [6.07, 6.45) is 0.670. The lowest BCUT2D eigenvalue weighted by molar-refractivity contribution is -0.274. The van der Waals surface area contributed by atoms with Crippen LogP contribution in [-0.4, -0.2) is 17.3 Å². The van der Waals surface area contributed by atoms with E-state index < -0.39 is 6.36 Å². The van der Waals surface area contributed by atoms with Crippen molar-refractivity contribution in [3.05, 3.63) is 71.8 Å². The third kappa shape index (κ3) is 6.00. The van der Waals surface area contributed by atoms with Gasteiger partial charge in [0.1, 0.15) is 11.5 Å². The molecule has 2 aromatic carbocycles. The van der Waals surface area contributed by atoms with Crippen LogP contribution in [0.1, 0.15) is 11.1 Å². The first-order chi connectivity index (χ1) is 11.3. The molecule has 0 amide bonds. The summed E-state index contributed by atoms with van der Waals surface area (Å²) in [5, 5.41) is 9.31. The van der Waals surface area contributed by atoms with E-state index in [1.807, 2.05) is 0 Å². The Balaban J connectivity index is 2.02. The van der Waals surface area contributed by atoms with E-state index in [9.17, 15) is 23.1 Å². The van der Waals surface area contributed by atoms with E-state index in [2.05, 4.69) is 4.74 Å². The number of ether oxygens (including phenoxy) is 1. The number of hydrogen-bond donors (Lipinski definition) is 1. The molecular formula is C18H13F3O3. The van der Waals surface area contributed by atoms with Gasteiger partial charge in [-0.3, -0.25) is 4.79 Å². The van der Waals surface area contributed by atoms with E-state index >= 15 is 0 Å². The summed E-state index contributed by atoms with van der Waals surface area (Å²) in [4.78, 5) is 11.7. The smallest absolute Gasteiger partial charge is 0.508 e. The molecule has 0 aromatic heterocycles. The number of rotatable bonds is 5. The number of carbonyl (C=O) groups is 1. The summed E-state index contributed by atoms with van der Waals surface area (Å²) in [7, 11) is 0. The standard InChI is InChI=1S/C18H13F3O3/c19-18(20,21)24-17-6-2-4-14(12-17)8-10-15(22)9-7-13-3-1-5-16(23)11-13/h1-12,23H. The van der Waals surface area contributed by atoms with Crippen molar-refractivity contribution in [2.75, 3.05) is 0 Å². The van der Waals surface area contributed by atoms with Crippen LogP contribution < -0.4 is 4.74 Å². The molecule has 0 aliphatic rings. The van der Waals surface area contributed by atoms with E-state index in [1.54, 1.807) is 18.2 Å². The second kappa shape index (κ2) is 7.50. The van der Waals surface area contributed by atoms with Crippen molar-refractivity contribution in [2.24, 2.45) is 0 Å². The Bertz CT molecular complexity index is 777. The first-order valence-corrected chi connectivity index (χ1v) is 6.87. The van der Waals surface area contributed by atoms with E-state index in [0.717, 1.165) is 0 Å². The summed E-state index contributed by atoms with van der Waals surface area (Å²) < 4.78 is 40.3. The number of ketones is 1. The molecule has 0 aliphatic carbocycles. The normalized spacial score (nSPS) is 12.0. The quantitative estimate of drug-likeness (QED) is 0.814. The van der Waals surface area contributed by atoms with Crippen molar-refractivity contribution < 1.29 is 27.8 Å². The fraction of sp³-hybridized carbons (Fsp3) is 0.0556. The summed E-state index contributed by atoms with van der Waals surface area (Å²) in [6, 6.07) is 11.7. The second-order valence-corrected chi connectivity index (χ2v) is 4.78. The molecule has 3 nitrogen and oxygen atoms in total. The minimum absolute atomic E-state index is 0.0848. The predicted octanol–water partition coefficient (Wildman–Crippen LogP) is 4.59. The number of phenols is 1. The number of hydrogen-bond acceptors (Lipinski definition) is 3. The van der Waals surface area contributed by atoms with Crippen LogP contribution in [0.3, 0.4) is 0 Å². The Hall–Kier alpha value is -3.02. The highest BCUT2D eigenvalue weighted by atomic mass is 19.4. The van der Waals surface area contributed by atoms with E-state index in [0.29, 0.717) is 11.1 Å². The lowest BCUT2D eigenvalue weighted by Gasteiger charge is -2.08. The zero-order valence-electron chi connectivity index (χ0n) is 12.3. The average Bonchev–Trinajstić information content (AvgIpc) is 2.50. The molecule has 0 saturated carbocycles. The molecule has 0 bridgehead atoms. The van der Waals surface area contributed by atoms with Crippen LogP contribution in [-0.2, 0) is 4.79 Å². The van der Waals surface area contributed by atoms with E-state index in [-0.39, 0.29) is 17.3 Å². The summed E-state index contributed by atoms with van der Waals surface area (Å²) in [5.41, 5.74) is 1.05. The molecule has 0 spiro atoms. The third-order valence-electron chi connectivity index (χ3n) is 2.84. The first kappa shape index (κ1) is 17.3. The largest absolute Gasteiger partial charge is 0.573 e. The maximum atomic E-state index is 12.2. The van der Waals surface area contributed by atoms with E-state index in [1.165, 1.54) is 54.6 Å². The zero-order valence-corrected chi connectivity index (χ0v) is 12.3. The summed E-state index contributed by atoms with van der Waals surface area (Å²) >= 11 is 0. The molecule has 124 valence electrons. The number of phenolic OH excluding ortho intramolecular Hbond substituents is 1. The number of alkyl halides is 3. The van der Waals surface area contributed by atoms with Gasteiger partial charge in [-0.15, -0.1) is 13.2 Å². The molecular weight excluding hydrogens is 321 g/mol. The van der Waals surface area contributed by atoms with Crippen molar-refractivity contribution in [2.45, 2.75) is 6.36 Å². The minimum Gasteiger partial charge on any atom is -0.508 e. The van der Waals surface area contributed by atoms with Gasteiger partial charge in [-0.2, -0.15) is 0 Å². The highest BCUT2D eigenvalue weighted by Crippen LogP contribution is 2.23. The molecule has 6 heteroatoms. The molecule has 0 heterocycles. The molecule has 0 fully saturated rings. The average molecular weight is 334 g/mol. The Morgan fingerprint density at radius 2 is 1.54 bits per heavy atom. The van der Waals surface area contributed by atoms with Gasteiger partial charge in [-0.1, -0.05) is 36.4 Å². The molecule has 2 rings (SSSR count). The van der Waals surface area contributed by atoms with Gasteiger partial charge >= 0.3 is 6.36 Å². The number of halogens is 3. The Labute approximate surface area is 136 Å². The molecule has 0 atom stereocenters. The van der Waals surface area contributed by atoms with Crippen molar-refractivity contribution in [3.63, 3.8) is 0 Å².